The molecule has 0 fully saturated rings. The maximum absolute atomic E-state index is 8.70. The van der Waals surface area contributed by atoms with E-state index in [1.165, 1.54) is 6.07 Å². The molecular weight excluding hydrogens is 156 g/mol. The Morgan fingerprint density at radius 3 is 2.58 bits per heavy atom. The van der Waals surface area contributed by atoms with Crippen molar-refractivity contribution >= 4 is 11.4 Å². The first-order valence-electron chi connectivity index (χ1n) is 3.30. The van der Waals surface area contributed by atoms with Gasteiger partial charge in [-0.15, -0.1) is 0 Å². The van der Waals surface area contributed by atoms with E-state index in [0.29, 0.717) is 17.1 Å². The lowest BCUT2D eigenvalue weighted by atomic mass is 10.2. The van der Waals surface area contributed by atoms with Crippen LogP contribution in [0.25, 0.3) is 0 Å². The molecule has 0 aromatic heterocycles. The first-order valence-corrected chi connectivity index (χ1v) is 3.30. The average Bonchev–Trinajstić information content (AvgIpc) is 1.94. The number of aliphatic hydroxyl groups is 1. The van der Waals surface area contributed by atoms with Gasteiger partial charge in [-0.3, -0.25) is 0 Å². The fourth-order valence-corrected chi connectivity index (χ4v) is 0.787. The molecule has 0 atom stereocenters. The van der Waals surface area contributed by atoms with Crippen LogP contribution in [0.1, 0.15) is 0 Å². The molecule has 64 valence electrons. The van der Waals surface area contributed by atoms with Crippen molar-refractivity contribution in [1.82, 2.24) is 0 Å². The molecule has 4 heteroatoms. The predicted molar refractivity (Wildman–Crippen MR) is 47.7 cm³/mol. The summed E-state index contributed by atoms with van der Waals surface area (Å²) in [6.07, 6.45) is 0. The fourth-order valence-electron chi connectivity index (χ4n) is 0.787. The smallest absolute Gasteiger partial charge is 0.274 e. The number of aliphatic hydroxyl groups excluding tert-OH is 1. The topological polar surface area (TPSA) is 81.5 Å². The van der Waals surface area contributed by atoms with Crippen molar-refractivity contribution in [1.29, 1.82) is 0 Å². The van der Waals surface area contributed by atoms with Gasteiger partial charge >= 0.3 is 0 Å². The first-order chi connectivity index (χ1) is 5.59. The highest BCUT2D eigenvalue weighted by Gasteiger charge is 2.00. The summed E-state index contributed by atoms with van der Waals surface area (Å²) in [6, 6.07) is 4.72. The molecule has 0 unspecified atom stereocenters. The molecule has 4 nitrogen and oxygen atoms in total. The van der Waals surface area contributed by atoms with Gasteiger partial charge in [-0.1, -0.05) is 0 Å². The molecule has 0 spiro atoms. The summed E-state index contributed by atoms with van der Waals surface area (Å²) >= 11 is 0. The van der Waals surface area contributed by atoms with Crippen molar-refractivity contribution in [3.63, 3.8) is 0 Å². The van der Waals surface area contributed by atoms with Crippen LogP contribution in [0.4, 0.5) is 11.4 Å². The number of hydrogen-bond donors (Lipinski definition) is 3. The molecule has 0 heterocycles. The molecule has 5 N–H and O–H groups in total. The summed E-state index contributed by atoms with van der Waals surface area (Å²) in [6.45, 7) is 3.16. The van der Waals surface area contributed by atoms with E-state index in [-0.39, 0.29) is 0 Å². The van der Waals surface area contributed by atoms with Gasteiger partial charge in [0, 0.05) is 5.69 Å². The van der Waals surface area contributed by atoms with Crippen LogP contribution >= 0.6 is 0 Å². The van der Waals surface area contributed by atoms with Crippen molar-refractivity contribution < 1.29 is 9.84 Å². The Balaban J connectivity index is 2.93. The summed E-state index contributed by atoms with van der Waals surface area (Å²) in [5.74, 6) is -0.0526. The SMILES string of the molecule is C=C(O)Oc1ccc(N)cc1N. The van der Waals surface area contributed by atoms with Gasteiger partial charge in [-0.05, 0) is 24.8 Å². The maximum Gasteiger partial charge on any atom is 0.274 e. The van der Waals surface area contributed by atoms with Crippen LogP contribution < -0.4 is 16.2 Å². The molecule has 0 aliphatic carbocycles. The maximum atomic E-state index is 8.70. The van der Waals surface area contributed by atoms with E-state index < -0.39 is 5.95 Å². The van der Waals surface area contributed by atoms with Crippen LogP contribution in [0.15, 0.2) is 30.7 Å². The van der Waals surface area contributed by atoms with Crippen molar-refractivity contribution in [2.24, 2.45) is 0 Å². The molecule has 0 saturated heterocycles. The van der Waals surface area contributed by atoms with E-state index in [0.717, 1.165) is 0 Å². The van der Waals surface area contributed by atoms with Gasteiger partial charge in [-0.25, -0.2) is 0 Å². The summed E-state index contributed by atoms with van der Waals surface area (Å²) in [5, 5.41) is 8.70. The van der Waals surface area contributed by atoms with Crippen molar-refractivity contribution in [2.45, 2.75) is 0 Å². The average molecular weight is 166 g/mol. The standard InChI is InChI=1S/C8H10N2O2/c1-5(11)12-8-3-2-6(9)4-7(8)10/h2-4,11H,1,9-10H2. The Morgan fingerprint density at radius 2 is 2.08 bits per heavy atom. The predicted octanol–water partition coefficient (Wildman–Crippen LogP) is 1.26. The molecule has 12 heavy (non-hydrogen) atoms. The van der Waals surface area contributed by atoms with Gasteiger partial charge in [0.2, 0.25) is 0 Å². The Labute approximate surface area is 70.1 Å². The number of nitrogen functional groups attached to an aromatic ring is 2. The Morgan fingerprint density at radius 1 is 1.42 bits per heavy atom. The molecule has 0 saturated carbocycles. The second kappa shape index (κ2) is 3.04. The monoisotopic (exact) mass is 166 g/mol. The van der Waals surface area contributed by atoms with E-state index >= 15 is 0 Å². The zero-order valence-electron chi connectivity index (χ0n) is 6.45. The number of ether oxygens (including phenoxy) is 1. The number of rotatable bonds is 2. The van der Waals surface area contributed by atoms with E-state index in [2.05, 4.69) is 6.58 Å². The van der Waals surface area contributed by atoms with Gasteiger partial charge in [0.15, 0.2) is 5.75 Å². The Hall–Kier alpha value is -1.84. The van der Waals surface area contributed by atoms with Crippen LogP contribution in [0.2, 0.25) is 0 Å². The Kier molecular flexibility index (Phi) is 2.09. The third-order valence-corrected chi connectivity index (χ3v) is 1.26. The highest BCUT2D eigenvalue weighted by molar-refractivity contribution is 5.60. The lowest BCUT2D eigenvalue weighted by molar-refractivity contribution is 0.212. The van der Waals surface area contributed by atoms with Gasteiger partial charge < -0.3 is 21.3 Å². The van der Waals surface area contributed by atoms with Crippen molar-refractivity contribution in [3.8, 4) is 5.75 Å². The molecular formula is C8H10N2O2. The quantitative estimate of drug-likeness (QED) is 0.456. The van der Waals surface area contributed by atoms with E-state index in [4.69, 9.17) is 21.3 Å². The zero-order chi connectivity index (χ0) is 9.14. The van der Waals surface area contributed by atoms with Crippen molar-refractivity contribution in [3.05, 3.63) is 30.7 Å². The van der Waals surface area contributed by atoms with Crippen molar-refractivity contribution in [2.75, 3.05) is 11.5 Å². The van der Waals surface area contributed by atoms with E-state index in [9.17, 15) is 0 Å². The van der Waals surface area contributed by atoms with Crippen LogP contribution in [0, 0.1) is 0 Å². The van der Waals surface area contributed by atoms with Gasteiger partial charge in [0.1, 0.15) is 0 Å². The third-order valence-electron chi connectivity index (χ3n) is 1.26. The molecule has 0 aliphatic rings. The van der Waals surface area contributed by atoms with E-state index in [1.54, 1.807) is 12.1 Å². The largest absolute Gasteiger partial charge is 0.481 e. The van der Waals surface area contributed by atoms with Crippen LogP contribution in [-0.4, -0.2) is 5.11 Å². The minimum absolute atomic E-state index is 0.344. The van der Waals surface area contributed by atoms with Crippen LogP contribution in [0.3, 0.4) is 0 Å². The number of hydrogen-bond acceptors (Lipinski definition) is 4. The second-order valence-corrected chi connectivity index (χ2v) is 2.29. The highest BCUT2D eigenvalue weighted by Crippen LogP contribution is 2.24. The molecule has 1 rings (SSSR count). The summed E-state index contributed by atoms with van der Waals surface area (Å²) in [7, 11) is 0. The van der Waals surface area contributed by atoms with Gasteiger partial charge in [0.05, 0.1) is 5.69 Å². The zero-order valence-corrected chi connectivity index (χ0v) is 6.45. The number of nitrogens with two attached hydrogens (primary N) is 2. The molecule has 1 aromatic carbocycles. The second-order valence-electron chi connectivity index (χ2n) is 2.29. The normalized spacial score (nSPS) is 9.33. The highest BCUT2D eigenvalue weighted by atomic mass is 16.6. The molecule has 0 amide bonds. The minimum atomic E-state index is -0.397. The lowest BCUT2D eigenvalue weighted by Gasteiger charge is -2.06. The summed E-state index contributed by atoms with van der Waals surface area (Å²) in [4.78, 5) is 0. The lowest BCUT2D eigenvalue weighted by Crippen LogP contribution is -1.97. The summed E-state index contributed by atoms with van der Waals surface area (Å²) in [5.41, 5.74) is 11.9. The van der Waals surface area contributed by atoms with Crippen LogP contribution in [0.5, 0.6) is 5.75 Å². The van der Waals surface area contributed by atoms with Gasteiger partial charge in [0.25, 0.3) is 5.95 Å². The number of benzene rings is 1. The van der Waals surface area contributed by atoms with E-state index in [1.807, 2.05) is 0 Å². The van der Waals surface area contributed by atoms with Gasteiger partial charge in [-0.2, -0.15) is 0 Å². The molecule has 1 aromatic rings. The first kappa shape index (κ1) is 8.26. The molecule has 0 aliphatic heterocycles. The minimum Gasteiger partial charge on any atom is -0.481 e. The van der Waals surface area contributed by atoms with Crippen LogP contribution in [-0.2, 0) is 0 Å². The Bertz CT molecular complexity index is 310. The summed E-state index contributed by atoms with van der Waals surface area (Å²) < 4.78 is 4.78. The molecule has 0 bridgehead atoms. The number of anilines is 2. The fraction of sp³-hybridized carbons (Fsp3) is 0. The third kappa shape index (κ3) is 1.82. The molecule has 0 radical (unpaired) electrons.